The zero-order valence-electron chi connectivity index (χ0n) is 19.6. The first-order chi connectivity index (χ1) is 16.2. The zero-order valence-corrected chi connectivity index (χ0v) is 20.4. The monoisotopic (exact) mass is 489 g/mol. The van der Waals surface area contributed by atoms with Gasteiger partial charge in [0.1, 0.15) is 17.5 Å². The largest absolute Gasteiger partial charge is 0.497 e. The van der Waals surface area contributed by atoms with Gasteiger partial charge in [0.25, 0.3) is 0 Å². The third kappa shape index (κ3) is 6.27. The summed E-state index contributed by atoms with van der Waals surface area (Å²) in [5.74, 6) is 0.390. The number of carbonyl (C=O) groups excluding carboxylic acids is 2. The Balaban J connectivity index is 1.48. The molecule has 9 nitrogen and oxygen atoms in total. The number of sulfonamides is 1. The molecule has 0 radical (unpaired) electrons. The lowest BCUT2D eigenvalue weighted by molar-refractivity contribution is -0.131. The molecule has 0 bridgehead atoms. The van der Waals surface area contributed by atoms with Crippen molar-refractivity contribution in [1.82, 2.24) is 14.9 Å². The Labute approximate surface area is 200 Å². The van der Waals surface area contributed by atoms with Crippen molar-refractivity contribution in [1.29, 1.82) is 0 Å². The van der Waals surface area contributed by atoms with Crippen LogP contribution in [0.3, 0.4) is 0 Å². The zero-order chi connectivity index (χ0) is 24.7. The second-order valence-electron chi connectivity index (χ2n) is 8.15. The number of amides is 2. The molecule has 1 heterocycles. The van der Waals surface area contributed by atoms with E-state index in [9.17, 15) is 18.0 Å². The molecule has 184 valence electrons. The molecule has 0 spiro atoms. The van der Waals surface area contributed by atoms with Crippen molar-refractivity contribution in [3.8, 4) is 11.5 Å². The second-order valence-corrected chi connectivity index (χ2v) is 10.1. The Hall–Kier alpha value is -3.11. The van der Waals surface area contributed by atoms with Gasteiger partial charge in [0.05, 0.1) is 19.1 Å². The summed E-state index contributed by atoms with van der Waals surface area (Å²) in [5, 5.41) is 5.55. The van der Waals surface area contributed by atoms with E-state index in [0.717, 1.165) is 5.56 Å². The van der Waals surface area contributed by atoms with Gasteiger partial charge in [0.2, 0.25) is 21.8 Å². The lowest BCUT2D eigenvalue weighted by Gasteiger charge is -2.31. The van der Waals surface area contributed by atoms with Gasteiger partial charge >= 0.3 is 0 Å². The predicted molar refractivity (Wildman–Crippen MR) is 127 cm³/mol. The fourth-order valence-corrected chi connectivity index (χ4v) is 5.25. The maximum atomic E-state index is 12.9. The van der Waals surface area contributed by atoms with Gasteiger partial charge in [0, 0.05) is 25.6 Å². The van der Waals surface area contributed by atoms with E-state index >= 15 is 0 Å². The van der Waals surface area contributed by atoms with E-state index in [1.807, 2.05) is 24.3 Å². The van der Waals surface area contributed by atoms with Crippen molar-refractivity contribution >= 4 is 21.8 Å². The van der Waals surface area contributed by atoms with Crippen LogP contribution in [0.15, 0.2) is 53.4 Å². The van der Waals surface area contributed by atoms with Crippen LogP contribution in [-0.2, 0) is 26.2 Å². The van der Waals surface area contributed by atoms with Crippen LogP contribution in [0.4, 0.5) is 0 Å². The van der Waals surface area contributed by atoms with E-state index in [-0.39, 0.29) is 35.7 Å². The van der Waals surface area contributed by atoms with E-state index < -0.39 is 16.1 Å². The highest BCUT2D eigenvalue weighted by Crippen LogP contribution is 2.25. The van der Waals surface area contributed by atoms with E-state index in [1.165, 1.54) is 23.5 Å². The molecule has 10 heteroatoms. The minimum Gasteiger partial charge on any atom is -0.497 e. The Morgan fingerprint density at radius 2 is 1.68 bits per heavy atom. The number of piperidine rings is 1. The van der Waals surface area contributed by atoms with Gasteiger partial charge in [-0.25, -0.2) is 8.42 Å². The Morgan fingerprint density at radius 1 is 1.03 bits per heavy atom. The summed E-state index contributed by atoms with van der Waals surface area (Å²) in [7, 11) is -0.542. The van der Waals surface area contributed by atoms with Crippen LogP contribution in [0.1, 0.15) is 25.3 Å². The van der Waals surface area contributed by atoms with Crippen LogP contribution in [0, 0.1) is 5.92 Å². The maximum Gasteiger partial charge on any atom is 0.243 e. The summed E-state index contributed by atoms with van der Waals surface area (Å²) >= 11 is 0. The quantitative estimate of drug-likeness (QED) is 0.556. The van der Waals surface area contributed by atoms with Gasteiger partial charge in [-0.15, -0.1) is 0 Å². The SMILES string of the molecule is COc1ccc(S(=O)(=O)N2CCC(C(=O)N[C@H](C)C(=O)NCc3cccc(OC)c3)CC2)cc1. The number of methoxy groups -OCH3 is 2. The molecule has 1 saturated heterocycles. The van der Waals surface area contributed by atoms with Crippen LogP contribution in [0.25, 0.3) is 0 Å². The first-order valence-corrected chi connectivity index (χ1v) is 12.5. The van der Waals surface area contributed by atoms with E-state index in [4.69, 9.17) is 9.47 Å². The lowest BCUT2D eigenvalue weighted by Crippen LogP contribution is -2.49. The van der Waals surface area contributed by atoms with Crippen molar-refractivity contribution in [3.63, 3.8) is 0 Å². The summed E-state index contributed by atoms with van der Waals surface area (Å²) in [6.45, 7) is 2.42. The standard InChI is InChI=1S/C24H31N3O6S/c1-17(23(28)25-16-18-5-4-6-21(15-18)33-3)26-24(29)19-11-13-27(14-12-19)34(30,31)22-9-7-20(32-2)8-10-22/h4-10,15,17,19H,11-14,16H2,1-3H3,(H,25,28)(H,26,29)/t17-/m1/s1. The van der Waals surface area contributed by atoms with E-state index in [0.29, 0.717) is 30.9 Å². The number of benzene rings is 2. The minimum atomic E-state index is -3.64. The van der Waals surface area contributed by atoms with Gasteiger partial charge < -0.3 is 20.1 Å². The van der Waals surface area contributed by atoms with Crippen molar-refractivity contribution in [2.45, 2.75) is 37.2 Å². The molecule has 3 rings (SSSR count). The Bertz CT molecular complexity index is 1100. The van der Waals surface area contributed by atoms with Crippen molar-refractivity contribution in [2.75, 3.05) is 27.3 Å². The third-order valence-electron chi connectivity index (χ3n) is 5.87. The maximum absolute atomic E-state index is 12.9. The molecule has 2 N–H and O–H groups in total. The van der Waals surface area contributed by atoms with Gasteiger partial charge in [-0.1, -0.05) is 12.1 Å². The molecule has 1 atom stereocenters. The predicted octanol–water partition coefficient (Wildman–Crippen LogP) is 1.93. The summed E-state index contributed by atoms with van der Waals surface area (Å²) < 4.78 is 37.4. The van der Waals surface area contributed by atoms with Crippen LogP contribution in [0.2, 0.25) is 0 Å². The first kappa shape index (κ1) is 25.5. The van der Waals surface area contributed by atoms with Crippen molar-refractivity contribution in [3.05, 3.63) is 54.1 Å². The molecule has 0 aliphatic carbocycles. The summed E-state index contributed by atoms with van der Waals surface area (Å²) in [6.07, 6.45) is 0.777. The smallest absolute Gasteiger partial charge is 0.243 e. The average Bonchev–Trinajstić information content (AvgIpc) is 2.87. The first-order valence-electron chi connectivity index (χ1n) is 11.1. The van der Waals surface area contributed by atoms with Crippen molar-refractivity contribution in [2.24, 2.45) is 5.92 Å². The number of carbonyl (C=O) groups is 2. The molecule has 0 saturated carbocycles. The molecule has 34 heavy (non-hydrogen) atoms. The molecule has 0 unspecified atom stereocenters. The van der Waals surface area contributed by atoms with Crippen LogP contribution in [-0.4, -0.2) is 57.9 Å². The van der Waals surface area contributed by atoms with Crippen LogP contribution in [0.5, 0.6) is 11.5 Å². The van der Waals surface area contributed by atoms with Crippen molar-refractivity contribution < 1.29 is 27.5 Å². The van der Waals surface area contributed by atoms with E-state index in [1.54, 1.807) is 26.2 Å². The highest BCUT2D eigenvalue weighted by atomic mass is 32.2. The van der Waals surface area contributed by atoms with E-state index in [2.05, 4.69) is 10.6 Å². The molecular weight excluding hydrogens is 458 g/mol. The van der Waals surface area contributed by atoms with Crippen LogP contribution < -0.4 is 20.1 Å². The third-order valence-corrected chi connectivity index (χ3v) is 7.79. The molecule has 2 aromatic rings. The Kier molecular flexibility index (Phi) is 8.51. The summed E-state index contributed by atoms with van der Waals surface area (Å²) in [5.41, 5.74) is 0.886. The summed E-state index contributed by atoms with van der Waals surface area (Å²) in [4.78, 5) is 25.3. The lowest BCUT2D eigenvalue weighted by atomic mass is 9.97. The fourth-order valence-electron chi connectivity index (χ4n) is 3.78. The molecule has 2 amide bonds. The molecule has 1 fully saturated rings. The highest BCUT2D eigenvalue weighted by Gasteiger charge is 2.33. The normalized spacial score (nSPS) is 15.9. The average molecular weight is 490 g/mol. The number of hydrogen-bond acceptors (Lipinski definition) is 6. The van der Waals surface area contributed by atoms with Crippen LogP contribution >= 0.6 is 0 Å². The van der Waals surface area contributed by atoms with Gasteiger partial charge in [-0.3, -0.25) is 9.59 Å². The Morgan fingerprint density at radius 3 is 2.29 bits per heavy atom. The molecular formula is C24H31N3O6S. The number of rotatable bonds is 9. The van der Waals surface area contributed by atoms with Gasteiger partial charge in [-0.05, 0) is 61.7 Å². The minimum absolute atomic E-state index is 0.192. The molecule has 2 aromatic carbocycles. The topological polar surface area (TPSA) is 114 Å². The fraction of sp³-hybridized carbons (Fsp3) is 0.417. The van der Waals surface area contributed by atoms with Gasteiger partial charge in [0.15, 0.2) is 0 Å². The molecule has 0 aromatic heterocycles. The highest BCUT2D eigenvalue weighted by molar-refractivity contribution is 7.89. The number of nitrogens with one attached hydrogen (secondary N) is 2. The molecule has 1 aliphatic heterocycles. The summed E-state index contributed by atoms with van der Waals surface area (Å²) in [6, 6.07) is 12.9. The second kappa shape index (κ2) is 11.3. The number of ether oxygens (including phenoxy) is 2. The van der Waals surface area contributed by atoms with Gasteiger partial charge in [-0.2, -0.15) is 4.31 Å². The molecule has 1 aliphatic rings. The number of hydrogen-bond donors (Lipinski definition) is 2. The number of nitrogens with zero attached hydrogens (tertiary/aromatic N) is 1.